The van der Waals surface area contributed by atoms with Crippen LogP contribution in [0.5, 0.6) is 0 Å². The highest BCUT2D eigenvalue weighted by Crippen LogP contribution is 2.31. The molecule has 82 valence electrons. The van der Waals surface area contributed by atoms with Gasteiger partial charge in [0.25, 0.3) is 0 Å². The van der Waals surface area contributed by atoms with Crippen molar-refractivity contribution in [2.45, 2.75) is 63.6 Å². The Kier molecular flexibility index (Phi) is 3.45. The molecule has 2 nitrogen and oxygen atoms in total. The summed E-state index contributed by atoms with van der Waals surface area (Å²) in [6, 6.07) is 2.49. The van der Waals surface area contributed by atoms with E-state index in [1.165, 1.54) is 38.5 Å². The van der Waals surface area contributed by atoms with Crippen molar-refractivity contribution < 1.29 is 0 Å². The lowest BCUT2D eigenvalue weighted by Gasteiger charge is -2.41. The van der Waals surface area contributed by atoms with Gasteiger partial charge in [-0.3, -0.25) is 4.90 Å². The second-order valence-electron chi connectivity index (χ2n) is 4.91. The van der Waals surface area contributed by atoms with E-state index in [9.17, 15) is 0 Å². The summed E-state index contributed by atoms with van der Waals surface area (Å²) in [7, 11) is 2.34. The van der Waals surface area contributed by atoms with Crippen LogP contribution in [0.15, 0.2) is 0 Å². The van der Waals surface area contributed by atoms with Gasteiger partial charge in [-0.05, 0) is 39.3 Å². The first-order chi connectivity index (χ1) is 6.83. The van der Waals surface area contributed by atoms with Crippen LogP contribution in [-0.4, -0.2) is 36.6 Å². The van der Waals surface area contributed by atoms with Gasteiger partial charge in [-0.25, -0.2) is 0 Å². The summed E-state index contributed by atoms with van der Waals surface area (Å²) in [5.74, 6) is 0. The molecule has 2 heteroatoms. The second-order valence-corrected chi connectivity index (χ2v) is 4.91. The molecule has 0 bridgehead atoms. The molecule has 0 saturated heterocycles. The monoisotopic (exact) mass is 196 g/mol. The van der Waals surface area contributed by atoms with Gasteiger partial charge in [0.15, 0.2) is 0 Å². The molecule has 0 radical (unpaired) electrons. The summed E-state index contributed by atoms with van der Waals surface area (Å²) in [4.78, 5) is 2.66. The van der Waals surface area contributed by atoms with E-state index in [1.807, 2.05) is 0 Å². The molecule has 2 atom stereocenters. The second kappa shape index (κ2) is 4.63. The minimum atomic E-state index is 0.769. The van der Waals surface area contributed by atoms with Gasteiger partial charge in [0.1, 0.15) is 0 Å². The first kappa shape index (κ1) is 10.4. The van der Waals surface area contributed by atoms with E-state index < -0.39 is 0 Å². The standard InChI is InChI=1S/C12H24N2/c1-3-13-11-8-5-9-12(11)14(2)10-6-4-7-10/h10-13H,3-9H2,1-2H3. The zero-order valence-electron chi connectivity index (χ0n) is 9.63. The summed E-state index contributed by atoms with van der Waals surface area (Å²) in [5.41, 5.74) is 0. The van der Waals surface area contributed by atoms with Crippen molar-refractivity contribution in [3.8, 4) is 0 Å². The van der Waals surface area contributed by atoms with Crippen LogP contribution in [0.2, 0.25) is 0 Å². The van der Waals surface area contributed by atoms with E-state index in [0.29, 0.717) is 0 Å². The Bertz CT molecular complexity index is 177. The van der Waals surface area contributed by atoms with Crippen LogP contribution in [0.1, 0.15) is 45.4 Å². The number of likely N-dealkylation sites (N-methyl/N-ethyl adjacent to an activating group) is 2. The van der Waals surface area contributed by atoms with Crippen LogP contribution < -0.4 is 5.32 Å². The molecule has 0 heterocycles. The summed E-state index contributed by atoms with van der Waals surface area (Å²) >= 11 is 0. The van der Waals surface area contributed by atoms with Gasteiger partial charge in [-0.15, -0.1) is 0 Å². The first-order valence-electron chi connectivity index (χ1n) is 6.28. The van der Waals surface area contributed by atoms with E-state index in [-0.39, 0.29) is 0 Å². The highest BCUT2D eigenvalue weighted by Gasteiger charge is 2.34. The van der Waals surface area contributed by atoms with Crippen molar-refractivity contribution in [2.75, 3.05) is 13.6 Å². The first-order valence-corrected chi connectivity index (χ1v) is 6.28. The molecule has 0 aromatic carbocycles. The number of rotatable bonds is 4. The van der Waals surface area contributed by atoms with Gasteiger partial charge in [-0.2, -0.15) is 0 Å². The molecule has 1 N–H and O–H groups in total. The molecule has 0 spiro atoms. The van der Waals surface area contributed by atoms with Crippen molar-refractivity contribution >= 4 is 0 Å². The molecule has 0 aromatic rings. The van der Waals surface area contributed by atoms with Gasteiger partial charge < -0.3 is 5.32 Å². The van der Waals surface area contributed by atoms with Crippen molar-refractivity contribution in [1.82, 2.24) is 10.2 Å². The number of nitrogens with one attached hydrogen (secondary N) is 1. The summed E-state index contributed by atoms with van der Waals surface area (Å²) in [6.07, 6.45) is 8.53. The Morgan fingerprint density at radius 2 is 1.86 bits per heavy atom. The van der Waals surface area contributed by atoms with E-state index in [1.54, 1.807) is 0 Å². The predicted molar refractivity (Wildman–Crippen MR) is 60.5 cm³/mol. The van der Waals surface area contributed by atoms with Gasteiger partial charge in [0.05, 0.1) is 0 Å². The largest absolute Gasteiger partial charge is 0.313 e. The number of hydrogen-bond acceptors (Lipinski definition) is 2. The minimum absolute atomic E-state index is 0.769. The van der Waals surface area contributed by atoms with Gasteiger partial charge in [0.2, 0.25) is 0 Å². The van der Waals surface area contributed by atoms with E-state index in [2.05, 4.69) is 24.2 Å². The Hall–Kier alpha value is -0.0800. The fourth-order valence-corrected chi connectivity index (χ4v) is 2.99. The van der Waals surface area contributed by atoms with Gasteiger partial charge in [-0.1, -0.05) is 19.8 Å². The Morgan fingerprint density at radius 1 is 1.14 bits per heavy atom. The number of hydrogen-bond donors (Lipinski definition) is 1. The van der Waals surface area contributed by atoms with Crippen LogP contribution in [0.25, 0.3) is 0 Å². The maximum Gasteiger partial charge on any atom is 0.0249 e. The van der Waals surface area contributed by atoms with Crippen molar-refractivity contribution in [2.24, 2.45) is 0 Å². The molecular formula is C12H24N2. The zero-order chi connectivity index (χ0) is 9.97. The summed E-state index contributed by atoms with van der Waals surface area (Å²) < 4.78 is 0. The zero-order valence-corrected chi connectivity index (χ0v) is 9.63. The maximum atomic E-state index is 3.64. The van der Waals surface area contributed by atoms with Crippen molar-refractivity contribution in [1.29, 1.82) is 0 Å². The summed E-state index contributed by atoms with van der Waals surface area (Å²) in [6.45, 7) is 3.35. The Morgan fingerprint density at radius 3 is 2.43 bits per heavy atom. The molecule has 0 amide bonds. The molecule has 14 heavy (non-hydrogen) atoms. The third-order valence-electron chi connectivity index (χ3n) is 4.12. The molecule has 2 rings (SSSR count). The Labute approximate surface area is 88.1 Å². The molecule has 2 aliphatic rings. The fourth-order valence-electron chi connectivity index (χ4n) is 2.99. The van der Waals surface area contributed by atoms with Crippen molar-refractivity contribution in [3.05, 3.63) is 0 Å². The third kappa shape index (κ3) is 1.96. The average Bonchev–Trinajstić information content (AvgIpc) is 2.49. The van der Waals surface area contributed by atoms with Crippen molar-refractivity contribution in [3.63, 3.8) is 0 Å². The minimum Gasteiger partial charge on any atom is -0.313 e. The number of nitrogens with zero attached hydrogens (tertiary/aromatic N) is 1. The van der Waals surface area contributed by atoms with E-state index >= 15 is 0 Å². The predicted octanol–water partition coefficient (Wildman–Crippen LogP) is 2.00. The molecular weight excluding hydrogens is 172 g/mol. The van der Waals surface area contributed by atoms with Gasteiger partial charge in [0, 0.05) is 18.1 Å². The maximum absolute atomic E-state index is 3.64. The van der Waals surface area contributed by atoms with Gasteiger partial charge >= 0.3 is 0 Å². The van der Waals surface area contributed by atoms with Crippen LogP contribution in [0.4, 0.5) is 0 Å². The van der Waals surface area contributed by atoms with Crippen LogP contribution in [0.3, 0.4) is 0 Å². The summed E-state index contributed by atoms with van der Waals surface area (Å²) in [5, 5.41) is 3.64. The van der Waals surface area contributed by atoms with E-state index in [4.69, 9.17) is 0 Å². The smallest absolute Gasteiger partial charge is 0.0249 e. The molecule has 2 unspecified atom stereocenters. The lowest BCUT2D eigenvalue weighted by Crippen LogP contribution is -2.51. The average molecular weight is 196 g/mol. The topological polar surface area (TPSA) is 15.3 Å². The lowest BCUT2D eigenvalue weighted by atomic mass is 9.90. The fraction of sp³-hybridized carbons (Fsp3) is 1.00. The molecule has 2 aliphatic carbocycles. The van der Waals surface area contributed by atoms with Crippen LogP contribution >= 0.6 is 0 Å². The molecule has 0 aromatic heterocycles. The highest BCUT2D eigenvalue weighted by atomic mass is 15.2. The lowest BCUT2D eigenvalue weighted by molar-refractivity contribution is 0.0979. The van der Waals surface area contributed by atoms with Crippen LogP contribution in [-0.2, 0) is 0 Å². The molecule has 2 fully saturated rings. The normalized spacial score (nSPS) is 33.6. The highest BCUT2D eigenvalue weighted by molar-refractivity contribution is 4.93. The quantitative estimate of drug-likeness (QED) is 0.740. The SMILES string of the molecule is CCNC1CCCC1N(C)C1CCC1. The third-order valence-corrected chi connectivity index (χ3v) is 4.12. The van der Waals surface area contributed by atoms with E-state index in [0.717, 1.165) is 24.7 Å². The Balaban J connectivity index is 1.87. The van der Waals surface area contributed by atoms with Crippen LogP contribution in [0, 0.1) is 0 Å². The molecule has 0 aliphatic heterocycles. The molecule has 2 saturated carbocycles.